The lowest BCUT2D eigenvalue weighted by molar-refractivity contribution is -0.519. The number of aromatic nitrogens is 3. The van der Waals surface area contributed by atoms with Gasteiger partial charge in [0.2, 0.25) is 0 Å². The van der Waals surface area contributed by atoms with Gasteiger partial charge in [-0.3, -0.25) is 0 Å². The molecule has 0 aliphatic carbocycles. The molecule has 2 atom stereocenters. The van der Waals surface area contributed by atoms with Crippen LogP contribution in [0.5, 0.6) is 0 Å². The molecule has 2 aliphatic heterocycles. The first-order valence-electron chi connectivity index (χ1n) is 12.9. The van der Waals surface area contributed by atoms with Crippen molar-refractivity contribution in [2.75, 3.05) is 23.9 Å². The van der Waals surface area contributed by atoms with Crippen molar-refractivity contribution in [2.24, 2.45) is 27.5 Å². The Labute approximate surface area is 224 Å². The summed E-state index contributed by atoms with van der Waals surface area (Å²) in [6.07, 6.45) is 1.13. The number of aryl methyl sites for hydroxylation is 1. The summed E-state index contributed by atoms with van der Waals surface area (Å²) >= 11 is 0. The van der Waals surface area contributed by atoms with Crippen LogP contribution in [-0.4, -0.2) is 42.3 Å². The normalized spacial score (nSPS) is 21.5. The fraction of sp³-hybridized carbons (Fsp3) is 0.464. The minimum atomic E-state index is 0.00323. The molecule has 0 radical (unpaired) electrons. The average Bonchev–Trinajstić information content (AvgIpc) is 3.36. The molecule has 5 rings (SSSR count). The zero-order valence-electron chi connectivity index (χ0n) is 23.7. The van der Waals surface area contributed by atoms with E-state index in [1.54, 1.807) is 11.7 Å². The van der Waals surface area contributed by atoms with E-state index in [2.05, 4.69) is 115 Å². The summed E-state index contributed by atoms with van der Waals surface area (Å²) in [7, 11) is 6.00. The molecule has 10 heteroatoms. The summed E-state index contributed by atoms with van der Waals surface area (Å²) in [5.74, 6) is 0.636. The highest BCUT2D eigenvalue weighted by atomic mass is 15.5. The summed E-state index contributed by atoms with van der Waals surface area (Å²) in [5.41, 5.74) is 6.43. The first kappa shape index (κ1) is 25.7. The van der Waals surface area contributed by atoms with Gasteiger partial charge in [0.25, 0.3) is 0 Å². The topological polar surface area (TPSA) is 101 Å². The van der Waals surface area contributed by atoms with Crippen LogP contribution in [0.25, 0.3) is 0 Å². The van der Waals surface area contributed by atoms with E-state index in [0.717, 1.165) is 17.7 Å². The largest absolute Gasteiger partial charge is 0.388 e. The maximum absolute atomic E-state index is 7.97. The molecule has 0 saturated heterocycles. The van der Waals surface area contributed by atoms with E-state index in [9.17, 15) is 0 Å². The Balaban J connectivity index is 1.43. The highest BCUT2D eigenvalue weighted by Gasteiger charge is 2.41. The van der Waals surface area contributed by atoms with Gasteiger partial charge < -0.3 is 9.80 Å². The standard InChI is InChI=1S/C28H37N10/c1-17-27(3,4)21-14-19(10-12-23(21)35(17)7)30-32-25-34-37(9)26(38(25)16-29)33-31-20-11-13-24-22(15-20)28(5,6)18(2)36(24)8/h10-18,29H,1-9H3/q+1. The Morgan fingerprint density at radius 2 is 1.26 bits per heavy atom. The molecule has 2 aliphatic rings. The summed E-state index contributed by atoms with van der Waals surface area (Å²) in [4.78, 5) is 4.61. The van der Waals surface area contributed by atoms with Gasteiger partial charge >= 0.3 is 11.9 Å². The quantitative estimate of drug-likeness (QED) is 0.189. The molecule has 2 unspecified atom stereocenters. The van der Waals surface area contributed by atoms with Crippen LogP contribution >= 0.6 is 0 Å². The molecule has 38 heavy (non-hydrogen) atoms. The number of likely N-dealkylation sites (N-methyl/N-ethyl adjacent to an activating group) is 2. The Morgan fingerprint density at radius 3 is 1.74 bits per heavy atom. The third-order valence-electron chi connectivity index (χ3n) is 8.96. The molecular formula is C28H37N10+. The lowest BCUT2D eigenvalue weighted by atomic mass is 9.81. The smallest absolute Gasteiger partial charge is 0.371 e. The Hall–Kier alpha value is -3.95. The van der Waals surface area contributed by atoms with E-state index >= 15 is 0 Å². The molecule has 1 aromatic heterocycles. The van der Waals surface area contributed by atoms with Crippen molar-refractivity contribution < 1.29 is 4.57 Å². The maximum atomic E-state index is 7.97. The molecule has 1 N–H and O–H groups in total. The van der Waals surface area contributed by atoms with Crippen LogP contribution in [0.3, 0.4) is 0 Å². The number of anilines is 2. The minimum Gasteiger partial charge on any atom is -0.371 e. The number of benzene rings is 2. The van der Waals surface area contributed by atoms with Gasteiger partial charge in [-0.15, -0.1) is 10.2 Å². The summed E-state index contributed by atoms with van der Waals surface area (Å²) < 4.78 is 3.02. The molecule has 0 bridgehead atoms. The van der Waals surface area contributed by atoms with Gasteiger partial charge in [0.1, 0.15) is 0 Å². The minimum absolute atomic E-state index is 0.00323. The molecule has 0 fully saturated rings. The van der Waals surface area contributed by atoms with Crippen LogP contribution in [0, 0.1) is 5.41 Å². The molecule has 10 nitrogen and oxygen atoms in total. The monoisotopic (exact) mass is 513 g/mol. The SMILES string of the molecule is CC1N(C)c2ccc(N=Nc3nn(C)c(N=Nc4ccc5c(c4)C(C)(C)C(C)N5C)[n+]3C=N)cc2C1(C)C. The van der Waals surface area contributed by atoms with E-state index < -0.39 is 0 Å². The van der Waals surface area contributed by atoms with Crippen molar-refractivity contribution in [3.8, 4) is 0 Å². The van der Waals surface area contributed by atoms with E-state index in [1.165, 1.54) is 27.1 Å². The van der Waals surface area contributed by atoms with Gasteiger partial charge in [-0.25, -0.2) is 5.41 Å². The molecule has 0 amide bonds. The summed E-state index contributed by atoms with van der Waals surface area (Å²) in [5, 5.41) is 30.1. The predicted molar refractivity (Wildman–Crippen MR) is 151 cm³/mol. The number of nitrogens with one attached hydrogen (secondary N) is 1. The van der Waals surface area contributed by atoms with Crippen molar-refractivity contribution in [3.63, 3.8) is 0 Å². The first-order chi connectivity index (χ1) is 17.9. The summed E-state index contributed by atoms with van der Waals surface area (Å²) in [6.45, 7) is 13.5. The highest BCUT2D eigenvalue weighted by Crippen LogP contribution is 2.46. The van der Waals surface area contributed by atoms with Crippen LogP contribution in [0.2, 0.25) is 0 Å². The molecule has 198 valence electrons. The molecule has 0 spiro atoms. The van der Waals surface area contributed by atoms with E-state index in [1.807, 2.05) is 12.1 Å². The van der Waals surface area contributed by atoms with E-state index in [0.29, 0.717) is 18.0 Å². The van der Waals surface area contributed by atoms with Crippen LogP contribution in [-0.2, 0) is 17.9 Å². The molecule has 3 aromatic rings. The Bertz CT molecular complexity index is 1480. The number of hydrogen-bond acceptors (Lipinski definition) is 8. The average molecular weight is 514 g/mol. The molecule has 0 saturated carbocycles. The molecular weight excluding hydrogens is 476 g/mol. The third kappa shape index (κ3) is 3.81. The van der Waals surface area contributed by atoms with Crippen LogP contribution in [0.15, 0.2) is 56.9 Å². The van der Waals surface area contributed by atoms with Gasteiger partial charge in [-0.1, -0.05) is 27.7 Å². The Kier molecular flexibility index (Phi) is 5.96. The number of azo groups is 2. The third-order valence-corrected chi connectivity index (χ3v) is 8.96. The van der Waals surface area contributed by atoms with Gasteiger partial charge in [0.05, 0.1) is 18.4 Å². The lowest BCUT2D eigenvalue weighted by Gasteiger charge is -2.28. The van der Waals surface area contributed by atoms with Gasteiger partial charge in [-0.2, -0.15) is 9.25 Å². The van der Waals surface area contributed by atoms with Crippen LogP contribution in [0.1, 0.15) is 52.7 Å². The van der Waals surface area contributed by atoms with Gasteiger partial charge in [0.15, 0.2) is 6.34 Å². The van der Waals surface area contributed by atoms with Gasteiger partial charge in [-0.05, 0) is 76.7 Å². The van der Waals surface area contributed by atoms with Crippen molar-refractivity contribution >= 4 is 41.0 Å². The van der Waals surface area contributed by atoms with E-state index in [4.69, 9.17) is 5.41 Å². The van der Waals surface area contributed by atoms with Gasteiger partial charge in [0, 0.05) is 48.4 Å². The number of rotatable bonds is 5. The highest BCUT2D eigenvalue weighted by molar-refractivity contribution is 5.68. The second-order valence-electron chi connectivity index (χ2n) is 11.5. The zero-order valence-corrected chi connectivity index (χ0v) is 23.7. The molecule has 3 heterocycles. The summed E-state index contributed by atoms with van der Waals surface area (Å²) in [6, 6.07) is 13.1. The van der Waals surface area contributed by atoms with Crippen molar-refractivity contribution in [3.05, 3.63) is 47.5 Å². The second-order valence-corrected chi connectivity index (χ2v) is 11.5. The van der Waals surface area contributed by atoms with Crippen LogP contribution in [0.4, 0.5) is 34.6 Å². The fourth-order valence-electron chi connectivity index (χ4n) is 5.63. The van der Waals surface area contributed by atoms with Crippen molar-refractivity contribution in [1.82, 2.24) is 9.78 Å². The number of nitrogens with zero attached hydrogens (tertiary/aromatic N) is 9. The number of fused-ring (bicyclic) bond motifs is 2. The zero-order chi connectivity index (χ0) is 27.6. The second kappa shape index (κ2) is 8.82. The van der Waals surface area contributed by atoms with Crippen LogP contribution < -0.4 is 14.4 Å². The maximum Gasteiger partial charge on any atom is 0.388 e. The Morgan fingerprint density at radius 1 is 0.789 bits per heavy atom. The van der Waals surface area contributed by atoms with E-state index in [-0.39, 0.29) is 16.8 Å². The molecule has 2 aromatic carbocycles. The van der Waals surface area contributed by atoms with Crippen molar-refractivity contribution in [2.45, 2.75) is 64.5 Å². The predicted octanol–water partition coefficient (Wildman–Crippen LogP) is 6.23. The number of hydrogen-bond donors (Lipinski definition) is 1. The lowest BCUT2D eigenvalue weighted by Crippen LogP contribution is -2.36. The first-order valence-corrected chi connectivity index (χ1v) is 12.9. The fourth-order valence-corrected chi connectivity index (χ4v) is 5.63. The van der Waals surface area contributed by atoms with Crippen molar-refractivity contribution in [1.29, 1.82) is 5.41 Å².